The smallest absolute Gasteiger partial charge is 0.170 e. The minimum absolute atomic E-state index is 0.677. The second kappa shape index (κ2) is 3.01. The molecule has 1 N–H and O–H groups in total. The van der Waals surface area contributed by atoms with Gasteiger partial charge in [0.25, 0.3) is 0 Å². The highest BCUT2D eigenvalue weighted by atomic mass is 15.2. The van der Waals surface area contributed by atoms with Gasteiger partial charge in [0, 0.05) is 12.4 Å². The van der Waals surface area contributed by atoms with Gasteiger partial charge in [0.15, 0.2) is 5.82 Å². The first-order valence-corrected chi connectivity index (χ1v) is 4.11. The summed E-state index contributed by atoms with van der Waals surface area (Å²) in [4.78, 5) is 8.33. The van der Waals surface area contributed by atoms with Crippen LogP contribution in [-0.4, -0.2) is 24.7 Å². The minimum Gasteiger partial charge on any atom is -0.327 e. The lowest BCUT2D eigenvalue weighted by atomic mass is 10.5. The van der Waals surface area contributed by atoms with Crippen LogP contribution in [0.4, 0.5) is 0 Å². The van der Waals surface area contributed by atoms with Crippen LogP contribution in [0.1, 0.15) is 17.5 Å². The molecule has 0 atom stereocenters. The van der Waals surface area contributed by atoms with Gasteiger partial charge < -0.3 is 4.57 Å². The summed E-state index contributed by atoms with van der Waals surface area (Å²) in [6.07, 6.45) is 3.69. The van der Waals surface area contributed by atoms with E-state index in [-0.39, 0.29) is 0 Å². The van der Waals surface area contributed by atoms with Crippen molar-refractivity contribution in [3.8, 4) is 0 Å². The van der Waals surface area contributed by atoms with Crippen molar-refractivity contribution < 1.29 is 0 Å². The van der Waals surface area contributed by atoms with Gasteiger partial charge in [-0.3, -0.25) is 5.10 Å². The van der Waals surface area contributed by atoms with Gasteiger partial charge >= 0.3 is 0 Å². The van der Waals surface area contributed by atoms with E-state index >= 15 is 0 Å². The van der Waals surface area contributed by atoms with Crippen LogP contribution in [0.25, 0.3) is 0 Å². The fourth-order valence-corrected chi connectivity index (χ4v) is 1.18. The zero-order chi connectivity index (χ0) is 9.26. The van der Waals surface area contributed by atoms with E-state index in [0.717, 1.165) is 17.5 Å². The minimum atomic E-state index is 0.677. The molecule has 0 bridgehead atoms. The Morgan fingerprint density at radius 2 is 2.31 bits per heavy atom. The van der Waals surface area contributed by atoms with Crippen LogP contribution in [0.5, 0.6) is 0 Å². The molecule has 0 radical (unpaired) electrons. The summed E-state index contributed by atoms with van der Waals surface area (Å²) < 4.78 is 2.00. The van der Waals surface area contributed by atoms with E-state index in [1.807, 2.05) is 24.6 Å². The van der Waals surface area contributed by atoms with E-state index in [9.17, 15) is 0 Å². The van der Waals surface area contributed by atoms with Crippen LogP contribution >= 0.6 is 0 Å². The molecule has 5 nitrogen and oxygen atoms in total. The van der Waals surface area contributed by atoms with Crippen LogP contribution in [-0.2, 0) is 6.54 Å². The summed E-state index contributed by atoms with van der Waals surface area (Å²) in [7, 11) is 0. The number of nitrogens with one attached hydrogen (secondary N) is 1. The molecule has 2 aromatic heterocycles. The summed E-state index contributed by atoms with van der Waals surface area (Å²) in [5.41, 5.74) is 0. The molecular weight excluding hydrogens is 166 g/mol. The van der Waals surface area contributed by atoms with Crippen LogP contribution in [0.15, 0.2) is 12.4 Å². The van der Waals surface area contributed by atoms with Gasteiger partial charge in [-0.1, -0.05) is 0 Å². The zero-order valence-electron chi connectivity index (χ0n) is 7.65. The number of hydrogen-bond donors (Lipinski definition) is 1. The van der Waals surface area contributed by atoms with Gasteiger partial charge in [-0.15, -0.1) is 0 Å². The van der Waals surface area contributed by atoms with Crippen LogP contribution in [0, 0.1) is 13.8 Å². The highest BCUT2D eigenvalue weighted by molar-refractivity contribution is 4.95. The van der Waals surface area contributed by atoms with Crippen molar-refractivity contribution in [1.82, 2.24) is 24.7 Å². The first-order valence-electron chi connectivity index (χ1n) is 4.11. The van der Waals surface area contributed by atoms with Crippen molar-refractivity contribution in [3.63, 3.8) is 0 Å². The zero-order valence-corrected chi connectivity index (χ0v) is 7.65. The Kier molecular flexibility index (Phi) is 1.84. The fourth-order valence-electron chi connectivity index (χ4n) is 1.18. The molecular formula is C8H11N5. The summed E-state index contributed by atoms with van der Waals surface area (Å²) >= 11 is 0. The van der Waals surface area contributed by atoms with Crippen molar-refractivity contribution in [2.75, 3.05) is 0 Å². The molecule has 68 valence electrons. The number of aromatic nitrogens is 5. The van der Waals surface area contributed by atoms with Gasteiger partial charge in [0.05, 0.1) is 6.54 Å². The Hall–Kier alpha value is -1.65. The molecule has 2 rings (SSSR count). The molecule has 0 aliphatic carbocycles. The van der Waals surface area contributed by atoms with Crippen molar-refractivity contribution in [2.24, 2.45) is 0 Å². The highest BCUT2D eigenvalue weighted by Gasteiger charge is 2.02. The number of H-pyrrole nitrogens is 1. The van der Waals surface area contributed by atoms with Crippen molar-refractivity contribution >= 4 is 0 Å². The molecule has 0 amide bonds. The SMILES string of the molecule is Cc1nc(Cn2ccnc2C)n[nH]1. The van der Waals surface area contributed by atoms with E-state index < -0.39 is 0 Å². The van der Waals surface area contributed by atoms with Gasteiger partial charge in [-0.2, -0.15) is 5.10 Å². The van der Waals surface area contributed by atoms with Gasteiger partial charge in [-0.25, -0.2) is 9.97 Å². The largest absolute Gasteiger partial charge is 0.327 e. The quantitative estimate of drug-likeness (QED) is 0.733. The summed E-state index contributed by atoms with van der Waals surface area (Å²) in [6.45, 7) is 4.52. The predicted molar refractivity (Wildman–Crippen MR) is 47.2 cm³/mol. The van der Waals surface area contributed by atoms with Crippen LogP contribution in [0.2, 0.25) is 0 Å². The second-order valence-corrected chi connectivity index (χ2v) is 2.94. The van der Waals surface area contributed by atoms with Crippen molar-refractivity contribution in [3.05, 3.63) is 29.9 Å². The normalized spacial score (nSPS) is 10.6. The van der Waals surface area contributed by atoms with E-state index in [4.69, 9.17) is 0 Å². The molecule has 0 saturated heterocycles. The molecule has 0 saturated carbocycles. The third-order valence-electron chi connectivity index (χ3n) is 1.88. The van der Waals surface area contributed by atoms with Crippen molar-refractivity contribution in [2.45, 2.75) is 20.4 Å². The lowest BCUT2D eigenvalue weighted by molar-refractivity contribution is 0.720. The van der Waals surface area contributed by atoms with E-state index in [0.29, 0.717) is 6.54 Å². The summed E-state index contributed by atoms with van der Waals surface area (Å²) in [5, 5.41) is 6.85. The van der Waals surface area contributed by atoms with Crippen LogP contribution < -0.4 is 0 Å². The molecule has 0 unspecified atom stereocenters. The molecule has 0 aliphatic rings. The first-order chi connectivity index (χ1) is 6.25. The summed E-state index contributed by atoms with van der Waals surface area (Å²) in [5.74, 6) is 2.61. The fraction of sp³-hybridized carbons (Fsp3) is 0.375. The number of aryl methyl sites for hydroxylation is 2. The first kappa shape index (κ1) is 7.97. The van der Waals surface area contributed by atoms with Gasteiger partial charge in [-0.05, 0) is 13.8 Å². The number of hydrogen-bond acceptors (Lipinski definition) is 3. The summed E-state index contributed by atoms with van der Waals surface area (Å²) in [6, 6.07) is 0. The maximum absolute atomic E-state index is 4.21. The molecule has 2 aromatic rings. The maximum atomic E-state index is 4.21. The molecule has 13 heavy (non-hydrogen) atoms. The van der Waals surface area contributed by atoms with E-state index in [1.165, 1.54) is 0 Å². The Balaban J connectivity index is 2.19. The van der Waals surface area contributed by atoms with Crippen molar-refractivity contribution in [1.29, 1.82) is 0 Å². The Labute approximate surface area is 75.8 Å². The lowest BCUT2D eigenvalue weighted by Crippen LogP contribution is -2.02. The number of rotatable bonds is 2. The monoisotopic (exact) mass is 177 g/mol. The van der Waals surface area contributed by atoms with E-state index in [2.05, 4.69) is 20.2 Å². The highest BCUT2D eigenvalue weighted by Crippen LogP contribution is 1.99. The van der Waals surface area contributed by atoms with E-state index in [1.54, 1.807) is 6.20 Å². The third-order valence-corrected chi connectivity index (χ3v) is 1.88. The molecule has 0 fully saturated rings. The molecule has 0 aromatic carbocycles. The Morgan fingerprint density at radius 1 is 1.46 bits per heavy atom. The maximum Gasteiger partial charge on any atom is 0.170 e. The second-order valence-electron chi connectivity index (χ2n) is 2.94. The number of nitrogens with zero attached hydrogens (tertiary/aromatic N) is 4. The third kappa shape index (κ3) is 1.58. The average molecular weight is 177 g/mol. The Bertz CT molecular complexity index is 400. The Morgan fingerprint density at radius 3 is 2.85 bits per heavy atom. The predicted octanol–water partition coefficient (Wildman–Crippen LogP) is 0.666. The number of aromatic amines is 1. The molecule has 2 heterocycles. The average Bonchev–Trinajstić information content (AvgIpc) is 2.64. The standard InChI is InChI=1S/C8H11N5/c1-6-10-8(12-11-6)5-13-4-3-9-7(13)2/h3-4H,5H2,1-2H3,(H,10,11,12). The van der Waals surface area contributed by atoms with Crippen LogP contribution in [0.3, 0.4) is 0 Å². The lowest BCUT2D eigenvalue weighted by Gasteiger charge is -1.99. The topological polar surface area (TPSA) is 59.4 Å². The molecule has 0 aliphatic heterocycles. The van der Waals surface area contributed by atoms with Gasteiger partial charge in [0.1, 0.15) is 11.6 Å². The molecule has 0 spiro atoms. The number of imidazole rings is 1. The van der Waals surface area contributed by atoms with Gasteiger partial charge in [0.2, 0.25) is 0 Å². The molecule has 5 heteroatoms.